The molecule has 0 heterocycles. The molecule has 0 fully saturated rings. The molecule has 0 bridgehead atoms. The fourth-order valence-electron chi connectivity index (χ4n) is 1.14. The molecular weight excluding hydrogens is 146 g/mol. The SMILES string of the molecule is CC(C)C1=CC(F)=CC(F)C1. The fraction of sp³-hybridized carbons (Fsp3) is 0.556. The van der Waals surface area contributed by atoms with Crippen molar-refractivity contribution in [3.63, 3.8) is 0 Å². The van der Waals surface area contributed by atoms with Crippen LogP contribution in [0.5, 0.6) is 0 Å². The van der Waals surface area contributed by atoms with E-state index >= 15 is 0 Å². The van der Waals surface area contributed by atoms with Crippen LogP contribution >= 0.6 is 0 Å². The Morgan fingerprint density at radius 2 is 2.18 bits per heavy atom. The summed E-state index contributed by atoms with van der Waals surface area (Å²) in [4.78, 5) is 0. The first-order chi connectivity index (χ1) is 5.09. The smallest absolute Gasteiger partial charge is 0.125 e. The van der Waals surface area contributed by atoms with Crippen LogP contribution in [0.15, 0.2) is 23.6 Å². The van der Waals surface area contributed by atoms with Crippen molar-refractivity contribution in [1.29, 1.82) is 0 Å². The molecular formula is C9H12F2. The van der Waals surface area contributed by atoms with Crippen molar-refractivity contribution >= 4 is 0 Å². The van der Waals surface area contributed by atoms with Crippen LogP contribution in [-0.4, -0.2) is 6.17 Å². The number of alkyl halides is 1. The molecule has 0 aromatic heterocycles. The third kappa shape index (κ3) is 2.14. The average molecular weight is 158 g/mol. The van der Waals surface area contributed by atoms with Crippen molar-refractivity contribution in [2.24, 2.45) is 5.92 Å². The van der Waals surface area contributed by atoms with E-state index in [0.717, 1.165) is 11.6 Å². The average Bonchev–Trinajstić information content (AvgIpc) is 1.85. The van der Waals surface area contributed by atoms with Gasteiger partial charge >= 0.3 is 0 Å². The van der Waals surface area contributed by atoms with Crippen molar-refractivity contribution in [3.05, 3.63) is 23.6 Å². The summed E-state index contributed by atoms with van der Waals surface area (Å²) in [5.74, 6) is -0.194. The summed E-state index contributed by atoms with van der Waals surface area (Å²) < 4.78 is 25.3. The molecule has 0 amide bonds. The van der Waals surface area contributed by atoms with Gasteiger partial charge in [-0.3, -0.25) is 0 Å². The Bertz CT molecular complexity index is 202. The van der Waals surface area contributed by atoms with E-state index in [1.54, 1.807) is 0 Å². The molecule has 1 unspecified atom stereocenters. The number of hydrogen-bond acceptors (Lipinski definition) is 0. The van der Waals surface area contributed by atoms with E-state index in [9.17, 15) is 8.78 Å². The molecule has 0 aromatic carbocycles. The largest absolute Gasteiger partial charge is 0.242 e. The minimum Gasteiger partial charge on any atom is -0.242 e. The maximum Gasteiger partial charge on any atom is 0.125 e. The van der Waals surface area contributed by atoms with Gasteiger partial charge in [0.2, 0.25) is 0 Å². The van der Waals surface area contributed by atoms with Gasteiger partial charge in [-0.15, -0.1) is 0 Å². The zero-order valence-electron chi connectivity index (χ0n) is 6.77. The van der Waals surface area contributed by atoms with Gasteiger partial charge in [0.05, 0.1) is 0 Å². The van der Waals surface area contributed by atoms with Crippen molar-refractivity contribution in [2.75, 3.05) is 0 Å². The van der Waals surface area contributed by atoms with Crippen LogP contribution in [0.25, 0.3) is 0 Å². The van der Waals surface area contributed by atoms with Crippen LogP contribution in [0, 0.1) is 5.92 Å². The lowest BCUT2D eigenvalue weighted by Crippen LogP contribution is -2.07. The predicted molar refractivity (Wildman–Crippen MR) is 41.6 cm³/mol. The second-order valence-corrected chi connectivity index (χ2v) is 3.15. The first-order valence-electron chi connectivity index (χ1n) is 3.81. The molecule has 0 saturated heterocycles. The topological polar surface area (TPSA) is 0 Å². The summed E-state index contributed by atoms with van der Waals surface area (Å²) in [6.45, 7) is 3.88. The first kappa shape index (κ1) is 8.44. The Labute approximate surface area is 65.6 Å². The molecule has 0 saturated carbocycles. The van der Waals surface area contributed by atoms with Crippen LogP contribution in [0.4, 0.5) is 8.78 Å². The van der Waals surface area contributed by atoms with E-state index in [0.29, 0.717) is 6.42 Å². The van der Waals surface area contributed by atoms with E-state index in [2.05, 4.69) is 0 Å². The normalized spacial score (nSPS) is 25.0. The zero-order valence-corrected chi connectivity index (χ0v) is 6.77. The number of rotatable bonds is 1. The number of allylic oxidation sites excluding steroid dienone is 4. The summed E-state index contributed by atoms with van der Waals surface area (Å²) in [6.07, 6.45) is 1.68. The Hall–Kier alpha value is -0.660. The number of hydrogen-bond donors (Lipinski definition) is 0. The van der Waals surface area contributed by atoms with Gasteiger partial charge in [0, 0.05) is 6.42 Å². The van der Waals surface area contributed by atoms with Gasteiger partial charge in [-0.25, -0.2) is 8.78 Å². The third-order valence-electron chi connectivity index (χ3n) is 1.84. The lowest BCUT2D eigenvalue weighted by Gasteiger charge is -2.15. The second-order valence-electron chi connectivity index (χ2n) is 3.15. The van der Waals surface area contributed by atoms with Gasteiger partial charge in [0.1, 0.15) is 12.0 Å². The summed E-state index contributed by atoms with van der Waals surface area (Å²) in [5.41, 5.74) is 0.859. The molecule has 1 rings (SSSR count). The first-order valence-corrected chi connectivity index (χ1v) is 3.81. The number of halogens is 2. The minimum atomic E-state index is -1.13. The van der Waals surface area contributed by atoms with Crippen molar-refractivity contribution in [3.8, 4) is 0 Å². The Morgan fingerprint density at radius 1 is 1.55 bits per heavy atom. The fourth-order valence-corrected chi connectivity index (χ4v) is 1.14. The van der Waals surface area contributed by atoms with Gasteiger partial charge in [-0.2, -0.15) is 0 Å². The molecule has 0 nitrogen and oxygen atoms in total. The molecule has 1 atom stereocenters. The summed E-state index contributed by atoms with van der Waals surface area (Å²) in [6, 6.07) is 0. The lowest BCUT2D eigenvalue weighted by molar-refractivity contribution is 0.376. The molecule has 0 aliphatic heterocycles. The van der Waals surface area contributed by atoms with Gasteiger partial charge in [-0.05, 0) is 18.1 Å². The molecule has 0 N–H and O–H groups in total. The van der Waals surface area contributed by atoms with Crippen LogP contribution in [-0.2, 0) is 0 Å². The van der Waals surface area contributed by atoms with Gasteiger partial charge in [0.25, 0.3) is 0 Å². The summed E-state index contributed by atoms with van der Waals surface area (Å²) in [5, 5.41) is 0. The molecule has 11 heavy (non-hydrogen) atoms. The van der Waals surface area contributed by atoms with Crippen LogP contribution in [0.2, 0.25) is 0 Å². The monoisotopic (exact) mass is 158 g/mol. The highest BCUT2D eigenvalue weighted by atomic mass is 19.1. The van der Waals surface area contributed by atoms with E-state index in [1.807, 2.05) is 13.8 Å². The van der Waals surface area contributed by atoms with E-state index in [4.69, 9.17) is 0 Å². The highest BCUT2D eigenvalue weighted by Gasteiger charge is 2.15. The Morgan fingerprint density at radius 3 is 2.64 bits per heavy atom. The Balaban J connectivity index is 2.76. The molecule has 0 aromatic rings. The van der Waals surface area contributed by atoms with E-state index in [1.165, 1.54) is 6.08 Å². The Kier molecular flexibility index (Phi) is 2.42. The van der Waals surface area contributed by atoms with Crippen molar-refractivity contribution in [2.45, 2.75) is 26.4 Å². The van der Waals surface area contributed by atoms with Gasteiger partial charge < -0.3 is 0 Å². The van der Waals surface area contributed by atoms with Crippen molar-refractivity contribution < 1.29 is 8.78 Å². The van der Waals surface area contributed by atoms with Crippen LogP contribution < -0.4 is 0 Å². The zero-order chi connectivity index (χ0) is 8.43. The molecule has 1 aliphatic rings. The third-order valence-corrected chi connectivity index (χ3v) is 1.84. The second kappa shape index (κ2) is 3.16. The van der Waals surface area contributed by atoms with Crippen molar-refractivity contribution in [1.82, 2.24) is 0 Å². The predicted octanol–water partition coefficient (Wildman–Crippen LogP) is 3.16. The maximum atomic E-state index is 12.7. The van der Waals surface area contributed by atoms with E-state index in [-0.39, 0.29) is 5.92 Å². The molecule has 2 heteroatoms. The maximum absolute atomic E-state index is 12.7. The van der Waals surface area contributed by atoms with Crippen LogP contribution in [0.1, 0.15) is 20.3 Å². The summed E-state index contributed by atoms with van der Waals surface area (Å²) >= 11 is 0. The van der Waals surface area contributed by atoms with Gasteiger partial charge in [0.15, 0.2) is 0 Å². The van der Waals surface area contributed by atoms with E-state index < -0.39 is 12.0 Å². The standard InChI is InChI=1S/C9H12F2/c1-6(2)7-3-8(10)5-9(11)4-7/h3,5-6,9H,4H2,1-2H3. The summed E-state index contributed by atoms with van der Waals surface area (Å²) in [7, 11) is 0. The lowest BCUT2D eigenvalue weighted by atomic mass is 9.94. The minimum absolute atomic E-state index is 0.243. The highest BCUT2D eigenvalue weighted by Crippen LogP contribution is 2.25. The molecule has 1 aliphatic carbocycles. The highest BCUT2D eigenvalue weighted by molar-refractivity contribution is 5.26. The van der Waals surface area contributed by atoms with Crippen LogP contribution in [0.3, 0.4) is 0 Å². The molecule has 0 spiro atoms. The molecule has 0 radical (unpaired) electrons. The van der Waals surface area contributed by atoms with Gasteiger partial charge in [-0.1, -0.05) is 19.4 Å². The molecule has 62 valence electrons. The quantitative estimate of drug-likeness (QED) is 0.549.